The molecule has 0 radical (unpaired) electrons. The van der Waals surface area contributed by atoms with Crippen LogP contribution in [0.5, 0.6) is 0 Å². The van der Waals surface area contributed by atoms with Gasteiger partial charge in [0.25, 0.3) is 0 Å². The van der Waals surface area contributed by atoms with Crippen LogP contribution in [0.25, 0.3) is 0 Å². The van der Waals surface area contributed by atoms with E-state index in [4.69, 9.17) is 0 Å². The molecule has 1 aliphatic rings. The molecule has 0 aromatic heterocycles. The first-order chi connectivity index (χ1) is 7.33. The lowest BCUT2D eigenvalue weighted by Crippen LogP contribution is -2.44. The molecule has 0 saturated heterocycles. The van der Waals surface area contributed by atoms with Crippen molar-refractivity contribution in [2.75, 3.05) is 6.54 Å². The maximum atomic E-state index is 3.75. The zero-order valence-corrected chi connectivity index (χ0v) is 10.9. The monoisotopic (exact) mass is 211 g/mol. The Labute approximate surface area is 96.0 Å². The lowest BCUT2D eigenvalue weighted by atomic mass is 9.72. The van der Waals surface area contributed by atoms with E-state index in [0.29, 0.717) is 0 Å². The molecule has 1 nitrogen and oxygen atoms in total. The average Bonchev–Trinajstić information content (AvgIpc) is 2.14. The van der Waals surface area contributed by atoms with Gasteiger partial charge >= 0.3 is 0 Å². The molecular weight excluding hydrogens is 182 g/mol. The minimum Gasteiger partial charge on any atom is -0.314 e. The Hall–Kier alpha value is -0.0400. The van der Waals surface area contributed by atoms with E-state index in [1.165, 1.54) is 44.9 Å². The van der Waals surface area contributed by atoms with E-state index in [0.717, 1.165) is 24.4 Å². The van der Waals surface area contributed by atoms with Crippen molar-refractivity contribution in [2.24, 2.45) is 11.8 Å². The summed E-state index contributed by atoms with van der Waals surface area (Å²) in [5, 5.41) is 3.75. The summed E-state index contributed by atoms with van der Waals surface area (Å²) in [6.07, 6.45) is 9.95. The van der Waals surface area contributed by atoms with E-state index in [1.54, 1.807) is 0 Å². The predicted molar refractivity (Wildman–Crippen MR) is 68.1 cm³/mol. The summed E-state index contributed by atoms with van der Waals surface area (Å²) in [5.41, 5.74) is 0. The van der Waals surface area contributed by atoms with E-state index in [2.05, 4.69) is 26.1 Å². The quantitative estimate of drug-likeness (QED) is 0.640. The van der Waals surface area contributed by atoms with Crippen LogP contribution in [0.15, 0.2) is 0 Å². The van der Waals surface area contributed by atoms with Crippen molar-refractivity contribution < 1.29 is 0 Å². The summed E-state index contributed by atoms with van der Waals surface area (Å²) < 4.78 is 0. The molecule has 15 heavy (non-hydrogen) atoms. The Kier molecular flexibility index (Phi) is 6.31. The van der Waals surface area contributed by atoms with E-state index < -0.39 is 0 Å². The molecule has 1 aliphatic carbocycles. The van der Waals surface area contributed by atoms with Gasteiger partial charge in [-0.15, -0.1) is 0 Å². The van der Waals surface area contributed by atoms with Gasteiger partial charge < -0.3 is 5.32 Å². The molecule has 1 N–H and O–H groups in total. The fourth-order valence-corrected chi connectivity index (χ4v) is 3.00. The molecule has 1 fully saturated rings. The van der Waals surface area contributed by atoms with E-state index in [1.807, 2.05) is 0 Å². The molecule has 0 aromatic rings. The second kappa shape index (κ2) is 7.27. The van der Waals surface area contributed by atoms with Gasteiger partial charge in [0.1, 0.15) is 0 Å². The van der Waals surface area contributed by atoms with Crippen LogP contribution in [0.3, 0.4) is 0 Å². The van der Waals surface area contributed by atoms with Gasteiger partial charge in [-0.2, -0.15) is 0 Å². The molecular formula is C14H29N. The van der Waals surface area contributed by atoms with Gasteiger partial charge in [0.05, 0.1) is 0 Å². The van der Waals surface area contributed by atoms with Gasteiger partial charge in [-0.1, -0.05) is 40.0 Å². The third-order valence-electron chi connectivity index (χ3n) is 3.92. The lowest BCUT2D eigenvalue weighted by molar-refractivity contribution is 0.161. The summed E-state index contributed by atoms with van der Waals surface area (Å²) in [4.78, 5) is 0. The lowest BCUT2D eigenvalue weighted by Gasteiger charge is -2.39. The zero-order chi connectivity index (χ0) is 11.1. The number of hydrogen-bond donors (Lipinski definition) is 1. The summed E-state index contributed by atoms with van der Waals surface area (Å²) in [5.74, 6) is 1.93. The van der Waals surface area contributed by atoms with Gasteiger partial charge in [-0.05, 0) is 44.1 Å². The van der Waals surface area contributed by atoms with Crippen LogP contribution in [-0.4, -0.2) is 12.6 Å². The summed E-state index contributed by atoms with van der Waals surface area (Å²) >= 11 is 0. The zero-order valence-electron chi connectivity index (χ0n) is 10.9. The molecule has 0 amide bonds. The third kappa shape index (κ3) is 3.79. The molecule has 1 atom stereocenters. The van der Waals surface area contributed by atoms with Crippen molar-refractivity contribution >= 4 is 0 Å². The first-order valence-electron chi connectivity index (χ1n) is 7.06. The van der Waals surface area contributed by atoms with Crippen molar-refractivity contribution in [1.82, 2.24) is 5.32 Å². The second-order valence-electron chi connectivity index (χ2n) is 5.11. The fourth-order valence-electron chi connectivity index (χ4n) is 3.00. The molecule has 1 heteroatoms. The normalized spacial score (nSPS) is 19.2. The highest BCUT2D eigenvalue weighted by Crippen LogP contribution is 2.35. The SMILES string of the molecule is CCCC(CCC)C(NCC)C1CCC1. The first kappa shape index (κ1) is 13.0. The Morgan fingerprint density at radius 2 is 1.67 bits per heavy atom. The molecule has 1 saturated carbocycles. The Morgan fingerprint density at radius 1 is 1.07 bits per heavy atom. The van der Waals surface area contributed by atoms with Crippen LogP contribution < -0.4 is 5.32 Å². The van der Waals surface area contributed by atoms with Gasteiger partial charge in [-0.3, -0.25) is 0 Å². The van der Waals surface area contributed by atoms with E-state index >= 15 is 0 Å². The second-order valence-corrected chi connectivity index (χ2v) is 5.11. The van der Waals surface area contributed by atoms with Crippen molar-refractivity contribution in [1.29, 1.82) is 0 Å². The summed E-state index contributed by atoms with van der Waals surface area (Å²) in [6.45, 7) is 8.05. The molecule has 0 aliphatic heterocycles. The molecule has 0 heterocycles. The molecule has 90 valence electrons. The standard InChI is InChI=1S/C14H29N/c1-4-8-12(9-5-2)14(15-6-3)13-10-7-11-13/h12-15H,4-11H2,1-3H3. The largest absolute Gasteiger partial charge is 0.314 e. The maximum absolute atomic E-state index is 3.75. The Bertz CT molecular complexity index is 145. The number of nitrogens with one attached hydrogen (secondary N) is 1. The van der Waals surface area contributed by atoms with E-state index in [9.17, 15) is 0 Å². The summed E-state index contributed by atoms with van der Waals surface area (Å²) in [7, 11) is 0. The predicted octanol–water partition coefficient (Wildman–Crippen LogP) is 3.98. The van der Waals surface area contributed by atoms with Crippen molar-refractivity contribution in [3.05, 3.63) is 0 Å². The molecule has 0 aromatic carbocycles. The van der Waals surface area contributed by atoms with E-state index in [-0.39, 0.29) is 0 Å². The van der Waals surface area contributed by atoms with Crippen LogP contribution in [0.1, 0.15) is 65.7 Å². The van der Waals surface area contributed by atoms with Gasteiger partial charge in [0.15, 0.2) is 0 Å². The summed E-state index contributed by atoms with van der Waals surface area (Å²) in [6, 6.07) is 0.823. The van der Waals surface area contributed by atoms with Crippen molar-refractivity contribution in [2.45, 2.75) is 71.8 Å². The Balaban J connectivity index is 2.47. The third-order valence-corrected chi connectivity index (χ3v) is 3.92. The molecule has 0 spiro atoms. The molecule has 1 unspecified atom stereocenters. The fraction of sp³-hybridized carbons (Fsp3) is 1.00. The highest BCUT2D eigenvalue weighted by molar-refractivity contribution is 4.87. The van der Waals surface area contributed by atoms with Crippen LogP contribution >= 0.6 is 0 Å². The maximum Gasteiger partial charge on any atom is 0.0123 e. The van der Waals surface area contributed by atoms with Crippen LogP contribution in [0, 0.1) is 11.8 Å². The number of hydrogen-bond acceptors (Lipinski definition) is 1. The van der Waals surface area contributed by atoms with Gasteiger partial charge in [0, 0.05) is 6.04 Å². The highest BCUT2D eigenvalue weighted by Gasteiger charge is 2.31. The van der Waals surface area contributed by atoms with Crippen LogP contribution in [0.2, 0.25) is 0 Å². The van der Waals surface area contributed by atoms with Crippen molar-refractivity contribution in [3.63, 3.8) is 0 Å². The van der Waals surface area contributed by atoms with Crippen LogP contribution in [0.4, 0.5) is 0 Å². The average molecular weight is 211 g/mol. The van der Waals surface area contributed by atoms with Crippen LogP contribution in [-0.2, 0) is 0 Å². The van der Waals surface area contributed by atoms with Crippen molar-refractivity contribution in [3.8, 4) is 0 Å². The molecule has 0 bridgehead atoms. The Morgan fingerprint density at radius 3 is 2.00 bits per heavy atom. The highest BCUT2D eigenvalue weighted by atomic mass is 14.9. The minimum atomic E-state index is 0.823. The number of rotatable bonds is 8. The van der Waals surface area contributed by atoms with Gasteiger partial charge in [0.2, 0.25) is 0 Å². The van der Waals surface area contributed by atoms with Gasteiger partial charge in [-0.25, -0.2) is 0 Å². The minimum absolute atomic E-state index is 0.823. The smallest absolute Gasteiger partial charge is 0.0123 e. The topological polar surface area (TPSA) is 12.0 Å². The molecule has 1 rings (SSSR count). The first-order valence-corrected chi connectivity index (χ1v) is 7.06.